The lowest BCUT2D eigenvalue weighted by Crippen LogP contribution is -2.05. The first kappa shape index (κ1) is 10.8. The molecule has 0 saturated carbocycles. The fourth-order valence-corrected chi connectivity index (χ4v) is 2.20. The molecule has 90 valence electrons. The maximum absolute atomic E-state index is 9.14. The van der Waals surface area contributed by atoms with Crippen LogP contribution in [0.3, 0.4) is 0 Å². The second-order valence-corrected chi connectivity index (χ2v) is 4.30. The third-order valence-electron chi connectivity index (χ3n) is 3.10. The summed E-state index contributed by atoms with van der Waals surface area (Å²) in [6, 6.07) is 5.92. The van der Waals surface area contributed by atoms with Crippen molar-refractivity contribution in [2.24, 2.45) is 0 Å². The van der Waals surface area contributed by atoms with E-state index in [2.05, 4.69) is 21.5 Å². The Kier molecular flexibility index (Phi) is 2.69. The van der Waals surface area contributed by atoms with Gasteiger partial charge in [0.05, 0.1) is 12.1 Å². The molecule has 3 rings (SSSR count). The number of hydrogen-bond acceptors (Lipinski definition) is 5. The van der Waals surface area contributed by atoms with Gasteiger partial charge in [0.1, 0.15) is 23.8 Å². The van der Waals surface area contributed by atoms with Crippen molar-refractivity contribution < 1.29 is 4.52 Å². The molecule has 5 nitrogen and oxygen atoms in total. The SMILES string of the molecule is N#Cc1cc2c(nc1NCc1ccon1)CCC2. The van der Waals surface area contributed by atoms with Gasteiger partial charge < -0.3 is 9.84 Å². The molecule has 0 saturated heterocycles. The van der Waals surface area contributed by atoms with E-state index in [1.165, 1.54) is 11.8 Å². The van der Waals surface area contributed by atoms with Crippen molar-refractivity contribution in [3.05, 3.63) is 40.9 Å². The molecular weight excluding hydrogens is 228 g/mol. The van der Waals surface area contributed by atoms with E-state index in [0.717, 1.165) is 30.7 Å². The monoisotopic (exact) mass is 240 g/mol. The average Bonchev–Trinajstić information content (AvgIpc) is 3.05. The van der Waals surface area contributed by atoms with Crippen LogP contribution in [-0.4, -0.2) is 10.1 Å². The van der Waals surface area contributed by atoms with Crippen molar-refractivity contribution in [1.82, 2.24) is 10.1 Å². The Balaban J connectivity index is 1.85. The van der Waals surface area contributed by atoms with Gasteiger partial charge in [-0.25, -0.2) is 4.98 Å². The topological polar surface area (TPSA) is 74.7 Å². The predicted molar refractivity (Wildman–Crippen MR) is 64.8 cm³/mol. The number of aromatic nitrogens is 2. The van der Waals surface area contributed by atoms with Crippen LogP contribution in [-0.2, 0) is 19.4 Å². The summed E-state index contributed by atoms with van der Waals surface area (Å²) in [6.07, 6.45) is 4.68. The van der Waals surface area contributed by atoms with Gasteiger partial charge in [-0.1, -0.05) is 5.16 Å². The van der Waals surface area contributed by atoms with Crippen molar-refractivity contribution in [2.45, 2.75) is 25.8 Å². The molecule has 0 aliphatic heterocycles. The standard InChI is InChI=1S/C13H12N4O/c14-7-10-6-9-2-1-3-12(9)16-13(10)15-8-11-4-5-18-17-11/h4-6H,1-3,8H2,(H,15,16). The minimum atomic E-state index is 0.511. The Labute approximate surface area is 104 Å². The van der Waals surface area contributed by atoms with Gasteiger partial charge in [0, 0.05) is 11.8 Å². The molecule has 18 heavy (non-hydrogen) atoms. The summed E-state index contributed by atoms with van der Waals surface area (Å²) >= 11 is 0. The third kappa shape index (κ3) is 1.93. The van der Waals surface area contributed by atoms with Crippen molar-refractivity contribution in [3.63, 3.8) is 0 Å². The largest absolute Gasteiger partial charge is 0.364 e. The quantitative estimate of drug-likeness (QED) is 0.888. The molecule has 1 aliphatic rings. The van der Waals surface area contributed by atoms with Gasteiger partial charge in [-0.3, -0.25) is 0 Å². The van der Waals surface area contributed by atoms with E-state index in [9.17, 15) is 0 Å². The van der Waals surface area contributed by atoms with Gasteiger partial charge in [0.15, 0.2) is 0 Å². The molecule has 2 heterocycles. The van der Waals surface area contributed by atoms with Gasteiger partial charge in [0.2, 0.25) is 0 Å². The van der Waals surface area contributed by atoms with E-state index >= 15 is 0 Å². The number of fused-ring (bicyclic) bond motifs is 1. The zero-order valence-electron chi connectivity index (χ0n) is 9.81. The van der Waals surface area contributed by atoms with Crippen LogP contribution in [0.4, 0.5) is 5.82 Å². The first-order chi connectivity index (χ1) is 8.86. The minimum absolute atomic E-state index is 0.511. The number of nitrogens with one attached hydrogen (secondary N) is 1. The summed E-state index contributed by atoms with van der Waals surface area (Å²) < 4.78 is 4.76. The fraction of sp³-hybridized carbons (Fsp3) is 0.308. The molecule has 0 bridgehead atoms. The lowest BCUT2D eigenvalue weighted by Gasteiger charge is -2.08. The molecule has 0 spiro atoms. The first-order valence-corrected chi connectivity index (χ1v) is 5.93. The van der Waals surface area contributed by atoms with Crippen molar-refractivity contribution >= 4 is 5.82 Å². The number of anilines is 1. The van der Waals surface area contributed by atoms with Crippen LogP contribution in [0.1, 0.15) is 28.9 Å². The molecule has 0 radical (unpaired) electrons. The molecule has 0 fully saturated rings. The Bertz CT molecular complexity index is 598. The summed E-state index contributed by atoms with van der Waals surface area (Å²) in [5.41, 5.74) is 3.70. The van der Waals surface area contributed by atoms with Crippen LogP contribution in [0.25, 0.3) is 0 Å². The Morgan fingerprint density at radius 3 is 3.17 bits per heavy atom. The number of nitrogens with zero attached hydrogens (tertiary/aromatic N) is 3. The van der Waals surface area contributed by atoms with Crippen molar-refractivity contribution in [2.75, 3.05) is 5.32 Å². The van der Waals surface area contributed by atoms with E-state index in [0.29, 0.717) is 17.9 Å². The fourth-order valence-electron chi connectivity index (χ4n) is 2.20. The van der Waals surface area contributed by atoms with Crippen LogP contribution in [0.15, 0.2) is 22.9 Å². The Morgan fingerprint density at radius 1 is 1.44 bits per heavy atom. The highest BCUT2D eigenvalue weighted by Gasteiger charge is 2.16. The predicted octanol–water partition coefficient (Wildman–Crippen LogP) is 2.04. The lowest BCUT2D eigenvalue weighted by molar-refractivity contribution is 0.412. The summed E-state index contributed by atoms with van der Waals surface area (Å²) in [6.45, 7) is 0.511. The van der Waals surface area contributed by atoms with Crippen LogP contribution in [0, 0.1) is 11.3 Å². The second-order valence-electron chi connectivity index (χ2n) is 4.30. The van der Waals surface area contributed by atoms with E-state index in [4.69, 9.17) is 9.78 Å². The number of aryl methyl sites for hydroxylation is 2. The molecule has 1 N–H and O–H groups in total. The Morgan fingerprint density at radius 2 is 2.39 bits per heavy atom. The van der Waals surface area contributed by atoms with Crippen molar-refractivity contribution in [3.8, 4) is 6.07 Å². The molecule has 1 aliphatic carbocycles. The van der Waals surface area contributed by atoms with Crippen LogP contribution in [0.5, 0.6) is 0 Å². The zero-order valence-corrected chi connectivity index (χ0v) is 9.81. The lowest BCUT2D eigenvalue weighted by atomic mass is 10.1. The molecule has 0 aromatic carbocycles. The maximum atomic E-state index is 9.14. The maximum Gasteiger partial charge on any atom is 0.144 e. The van der Waals surface area contributed by atoms with Crippen LogP contribution >= 0.6 is 0 Å². The highest BCUT2D eigenvalue weighted by Crippen LogP contribution is 2.25. The van der Waals surface area contributed by atoms with E-state index < -0.39 is 0 Å². The third-order valence-corrected chi connectivity index (χ3v) is 3.10. The van der Waals surface area contributed by atoms with Crippen molar-refractivity contribution in [1.29, 1.82) is 5.26 Å². The number of rotatable bonds is 3. The molecule has 2 aromatic heterocycles. The van der Waals surface area contributed by atoms with Gasteiger partial charge in [-0.15, -0.1) is 0 Å². The minimum Gasteiger partial charge on any atom is -0.364 e. The van der Waals surface area contributed by atoms with Gasteiger partial charge in [-0.05, 0) is 30.9 Å². The molecule has 0 amide bonds. The number of pyridine rings is 1. The Hall–Kier alpha value is -2.35. The molecule has 2 aromatic rings. The van der Waals surface area contributed by atoms with Gasteiger partial charge in [-0.2, -0.15) is 5.26 Å². The average molecular weight is 240 g/mol. The highest BCUT2D eigenvalue weighted by atomic mass is 16.5. The highest BCUT2D eigenvalue weighted by molar-refractivity contribution is 5.55. The normalized spacial score (nSPS) is 13.1. The summed E-state index contributed by atoms with van der Waals surface area (Å²) in [5, 5.41) is 16.1. The summed E-state index contributed by atoms with van der Waals surface area (Å²) in [5.74, 6) is 0.640. The van der Waals surface area contributed by atoms with Crippen LogP contribution < -0.4 is 5.32 Å². The van der Waals surface area contributed by atoms with Gasteiger partial charge in [0.25, 0.3) is 0 Å². The number of nitriles is 1. The molecular formula is C13H12N4O. The van der Waals surface area contributed by atoms with Crippen LogP contribution in [0.2, 0.25) is 0 Å². The molecule has 5 heteroatoms. The van der Waals surface area contributed by atoms with E-state index in [-0.39, 0.29) is 0 Å². The summed E-state index contributed by atoms with van der Waals surface area (Å²) in [7, 11) is 0. The summed E-state index contributed by atoms with van der Waals surface area (Å²) in [4.78, 5) is 4.53. The van der Waals surface area contributed by atoms with Gasteiger partial charge >= 0.3 is 0 Å². The second kappa shape index (κ2) is 4.49. The zero-order chi connectivity index (χ0) is 12.4. The van der Waals surface area contributed by atoms with E-state index in [1.54, 1.807) is 6.07 Å². The number of hydrogen-bond donors (Lipinski definition) is 1. The first-order valence-electron chi connectivity index (χ1n) is 5.93. The van der Waals surface area contributed by atoms with E-state index in [1.807, 2.05) is 6.07 Å². The smallest absolute Gasteiger partial charge is 0.144 e. The molecule has 0 atom stereocenters. The molecule has 0 unspecified atom stereocenters.